The van der Waals surface area contributed by atoms with Crippen molar-refractivity contribution in [3.63, 3.8) is 0 Å². The Bertz CT molecular complexity index is 810. The number of methoxy groups -OCH3 is 2. The largest absolute Gasteiger partial charge is 0.497 e. The fraction of sp³-hybridized carbons (Fsp3) is 0.333. The van der Waals surface area contributed by atoms with Crippen molar-refractivity contribution in [3.05, 3.63) is 48.0 Å². The zero-order chi connectivity index (χ0) is 19.4. The smallest absolute Gasteiger partial charge is 0.239 e. The molecule has 0 radical (unpaired) electrons. The topological polar surface area (TPSA) is 67.9 Å². The van der Waals surface area contributed by atoms with Crippen LogP contribution in [0, 0.1) is 5.92 Å². The van der Waals surface area contributed by atoms with Gasteiger partial charge in [0, 0.05) is 36.1 Å². The van der Waals surface area contributed by atoms with Crippen molar-refractivity contribution in [2.75, 3.05) is 31.0 Å². The van der Waals surface area contributed by atoms with Gasteiger partial charge in [-0.1, -0.05) is 19.1 Å². The van der Waals surface area contributed by atoms with E-state index >= 15 is 0 Å². The fourth-order valence-corrected chi connectivity index (χ4v) is 3.20. The standard InChI is InChI=1S/C21H24N2O4/c1-4-14-5-7-16(8-6-14)23-10-9-19(21(23)25)20(24)22-15-11-17(26-2)13-18(12-15)27-3/h5-8,11-13,19H,4,9-10H2,1-3H3,(H,22,24)/t19-/m1/s1. The van der Waals surface area contributed by atoms with Crippen LogP contribution in [0.3, 0.4) is 0 Å². The van der Waals surface area contributed by atoms with E-state index < -0.39 is 5.92 Å². The number of anilines is 2. The van der Waals surface area contributed by atoms with Crippen molar-refractivity contribution in [1.82, 2.24) is 0 Å². The molecule has 6 heteroatoms. The number of hydrogen-bond donors (Lipinski definition) is 1. The predicted octanol–water partition coefficient (Wildman–Crippen LogP) is 3.26. The van der Waals surface area contributed by atoms with Crippen LogP contribution in [0.1, 0.15) is 18.9 Å². The molecule has 2 amide bonds. The lowest BCUT2D eigenvalue weighted by molar-refractivity contribution is -0.129. The summed E-state index contributed by atoms with van der Waals surface area (Å²) in [5.41, 5.74) is 2.58. The Hall–Kier alpha value is -3.02. The monoisotopic (exact) mass is 368 g/mol. The Morgan fingerprint density at radius 2 is 1.74 bits per heavy atom. The molecule has 0 aromatic heterocycles. The number of aryl methyl sites for hydroxylation is 1. The highest BCUT2D eigenvalue weighted by Gasteiger charge is 2.37. The highest BCUT2D eigenvalue weighted by Crippen LogP contribution is 2.29. The van der Waals surface area contributed by atoms with Crippen molar-refractivity contribution in [1.29, 1.82) is 0 Å². The summed E-state index contributed by atoms with van der Waals surface area (Å²) >= 11 is 0. The maximum absolute atomic E-state index is 12.8. The second-order valence-electron chi connectivity index (χ2n) is 6.44. The van der Waals surface area contributed by atoms with Gasteiger partial charge >= 0.3 is 0 Å². The molecular weight excluding hydrogens is 344 g/mol. The molecule has 1 aliphatic rings. The van der Waals surface area contributed by atoms with Gasteiger partial charge in [-0.2, -0.15) is 0 Å². The zero-order valence-corrected chi connectivity index (χ0v) is 15.8. The van der Waals surface area contributed by atoms with Gasteiger partial charge < -0.3 is 19.7 Å². The molecule has 0 aliphatic carbocycles. The first-order valence-electron chi connectivity index (χ1n) is 9.00. The van der Waals surface area contributed by atoms with E-state index in [1.165, 1.54) is 5.56 Å². The molecule has 1 atom stereocenters. The van der Waals surface area contributed by atoms with Crippen molar-refractivity contribution in [2.45, 2.75) is 19.8 Å². The molecule has 1 fully saturated rings. The van der Waals surface area contributed by atoms with E-state index in [4.69, 9.17) is 9.47 Å². The van der Waals surface area contributed by atoms with Crippen LogP contribution in [-0.4, -0.2) is 32.6 Å². The van der Waals surface area contributed by atoms with E-state index in [1.807, 2.05) is 24.3 Å². The number of amides is 2. The van der Waals surface area contributed by atoms with E-state index in [2.05, 4.69) is 12.2 Å². The van der Waals surface area contributed by atoms with Crippen LogP contribution < -0.4 is 19.7 Å². The molecule has 2 aromatic rings. The van der Waals surface area contributed by atoms with Crippen LogP contribution in [0.5, 0.6) is 11.5 Å². The Morgan fingerprint density at radius 1 is 1.11 bits per heavy atom. The number of carbonyl (C=O) groups is 2. The Kier molecular flexibility index (Phi) is 5.64. The van der Waals surface area contributed by atoms with E-state index in [0.717, 1.165) is 12.1 Å². The number of nitrogens with zero attached hydrogens (tertiary/aromatic N) is 1. The number of nitrogens with one attached hydrogen (secondary N) is 1. The van der Waals surface area contributed by atoms with Crippen LogP contribution in [0.25, 0.3) is 0 Å². The van der Waals surface area contributed by atoms with Crippen molar-refractivity contribution in [2.24, 2.45) is 5.92 Å². The Balaban J connectivity index is 1.71. The van der Waals surface area contributed by atoms with Gasteiger partial charge in [0.05, 0.1) is 14.2 Å². The number of hydrogen-bond acceptors (Lipinski definition) is 4. The molecule has 6 nitrogen and oxygen atoms in total. The summed E-state index contributed by atoms with van der Waals surface area (Å²) in [6.07, 6.45) is 1.44. The second kappa shape index (κ2) is 8.12. The van der Waals surface area contributed by atoms with Crippen molar-refractivity contribution in [3.8, 4) is 11.5 Å². The molecule has 27 heavy (non-hydrogen) atoms. The summed E-state index contributed by atoms with van der Waals surface area (Å²) in [6, 6.07) is 13.0. The first kappa shape index (κ1) is 18.8. The van der Waals surface area contributed by atoms with Gasteiger partial charge in [0.1, 0.15) is 17.4 Å². The SMILES string of the molecule is CCc1ccc(N2CC[C@H](C(=O)Nc3cc(OC)cc(OC)c3)C2=O)cc1. The summed E-state index contributed by atoms with van der Waals surface area (Å²) in [6.45, 7) is 2.62. The van der Waals surface area contributed by atoms with Crippen LogP contribution in [0.2, 0.25) is 0 Å². The van der Waals surface area contributed by atoms with Gasteiger partial charge in [0.15, 0.2) is 0 Å². The van der Waals surface area contributed by atoms with Gasteiger partial charge in [-0.05, 0) is 30.5 Å². The van der Waals surface area contributed by atoms with E-state index in [1.54, 1.807) is 37.3 Å². The minimum Gasteiger partial charge on any atom is -0.497 e. The number of carbonyl (C=O) groups excluding carboxylic acids is 2. The lowest BCUT2D eigenvalue weighted by atomic mass is 10.1. The molecule has 1 N–H and O–H groups in total. The summed E-state index contributed by atoms with van der Waals surface area (Å²) in [5.74, 6) is -0.0530. The normalized spacial score (nSPS) is 16.3. The van der Waals surface area contributed by atoms with Crippen LogP contribution in [-0.2, 0) is 16.0 Å². The first-order valence-corrected chi connectivity index (χ1v) is 9.00. The summed E-state index contributed by atoms with van der Waals surface area (Å²) < 4.78 is 10.4. The van der Waals surface area contributed by atoms with Crippen molar-refractivity contribution < 1.29 is 19.1 Å². The average molecular weight is 368 g/mol. The summed E-state index contributed by atoms with van der Waals surface area (Å²) in [7, 11) is 3.09. The van der Waals surface area contributed by atoms with Crippen LogP contribution in [0.4, 0.5) is 11.4 Å². The van der Waals surface area contributed by atoms with Gasteiger partial charge in [0.2, 0.25) is 11.8 Å². The minimum atomic E-state index is -0.701. The van der Waals surface area contributed by atoms with Gasteiger partial charge in [-0.3, -0.25) is 9.59 Å². The molecule has 2 aromatic carbocycles. The molecule has 1 saturated heterocycles. The maximum atomic E-state index is 12.8. The molecule has 1 heterocycles. The fourth-order valence-electron chi connectivity index (χ4n) is 3.20. The quantitative estimate of drug-likeness (QED) is 0.795. The molecule has 0 saturated carbocycles. The predicted molar refractivity (Wildman–Crippen MR) is 104 cm³/mol. The van der Waals surface area contributed by atoms with Crippen LogP contribution in [0.15, 0.2) is 42.5 Å². The average Bonchev–Trinajstić information content (AvgIpc) is 3.09. The Labute approximate surface area is 159 Å². The van der Waals surface area contributed by atoms with Crippen LogP contribution >= 0.6 is 0 Å². The third-order valence-corrected chi connectivity index (χ3v) is 4.80. The third-order valence-electron chi connectivity index (χ3n) is 4.80. The van der Waals surface area contributed by atoms with E-state index in [9.17, 15) is 9.59 Å². The number of benzene rings is 2. The second-order valence-corrected chi connectivity index (χ2v) is 6.44. The molecular formula is C21H24N2O4. The molecule has 0 bridgehead atoms. The molecule has 3 rings (SSSR count). The zero-order valence-electron chi connectivity index (χ0n) is 15.8. The van der Waals surface area contributed by atoms with Gasteiger partial charge in [-0.15, -0.1) is 0 Å². The highest BCUT2D eigenvalue weighted by atomic mass is 16.5. The lowest BCUT2D eigenvalue weighted by Gasteiger charge is -2.17. The third kappa shape index (κ3) is 4.05. The lowest BCUT2D eigenvalue weighted by Crippen LogP contribution is -2.33. The molecule has 0 spiro atoms. The van der Waals surface area contributed by atoms with Crippen molar-refractivity contribution >= 4 is 23.2 Å². The van der Waals surface area contributed by atoms with E-state index in [0.29, 0.717) is 30.2 Å². The highest BCUT2D eigenvalue weighted by molar-refractivity contribution is 6.13. The molecule has 142 valence electrons. The number of rotatable bonds is 6. The number of ether oxygens (including phenoxy) is 2. The minimum absolute atomic E-state index is 0.174. The van der Waals surface area contributed by atoms with E-state index in [-0.39, 0.29) is 11.8 Å². The van der Waals surface area contributed by atoms with Gasteiger partial charge in [0.25, 0.3) is 0 Å². The first-order chi connectivity index (χ1) is 13.0. The van der Waals surface area contributed by atoms with Gasteiger partial charge in [-0.25, -0.2) is 0 Å². The maximum Gasteiger partial charge on any atom is 0.239 e. The summed E-state index contributed by atoms with van der Waals surface area (Å²) in [4.78, 5) is 27.1. The summed E-state index contributed by atoms with van der Waals surface area (Å²) in [5, 5.41) is 2.81. The Morgan fingerprint density at radius 3 is 2.30 bits per heavy atom. The molecule has 0 unspecified atom stereocenters. The molecule has 1 aliphatic heterocycles.